The number of urea groups is 1. The van der Waals surface area contributed by atoms with E-state index in [4.69, 9.17) is 5.73 Å². The summed E-state index contributed by atoms with van der Waals surface area (Å²) in [6.07, 6.45) is 6.29. The molecule has 1 aliphatic rings. The van der Waals surface area contributed by atoms with E-state index in [0.717, 1.165) is 13.0 Å². The molecule has 1 fully saturated rings. The molecule has 0 aliphatic carbocycles. The smallest absolute Gasteiger partial charge is 0.312 e. The standard InChI is InChI=1S/C12H25N3O/c1-12(2,14-11(13)16)7-10-15-8-5-3-4-6-9-15/h3-10H2,1-2H3,(H3,13,14,16). The Kier molecular flexibility index (Phi) is 5.06. The molecular formula is C12H25N3O. The quantitative estimate of drug-likeness (QED) is 0.768. The number of carbonyl (C=O) groups excluding carboxylic acids is 1. The van der Waals surface area contributed by atoms with E-state index in [9.17, 15) is 4.79 Å². The highest BCUT2D eigenvalue weighted by molar-refractivity contribution is 5.72. The Morgan fingerprint density at radius 1 is 1.25 bits per heavy atom. The number of nitrogens with zero attached hydrogens (tertiary/aromatic N) is 1. The maximum atomic E-state index is 10.8. The molecule has 16 heavy (non-hydrogen) atoms. The minimum Gasteiger partial charge on any atom is -0.352 e. The maximum Gasteiger partial charge on any atom is 0.312 e. The SMILES string of the molecule is CC(C)(CCN1CCCCCC1)NC(N)=O. The summed E-state index contributed by atoms with van der Waals surface area (Å²) in [6.45, 7) is 7.50. The summed E-state index contributed by atoms with van der Waals surface area (Å²) in [5, 5.41) is 2.79. The largest absolute Gasteiger partial charge is 0.352 e. The van der Waals surface area contributed by atoms with Crippen molar-refractivity contribution in [2.24, 2.45) is 5.73 Å². The second kappa shape index (κ2) is 6.09. The van der Waals surface area contributed by atoms with Crippen LogP contribution in [0.25, 0.3) is 0 Å². The van der Waals surface area contributed by atoms with Crippen molar-refractivity contribution in [3.05, 3.63) is 0 Å². The summed E-state index contributed by atoms with van der Waals surface area (Å²) in [6, 6.07) is -0.430. The first kappa shape index (κ1) is 13.3. The molecule has 0 aromatic heterocycles. The van der Waals surface area contributed by atoms with Crippen molar-refractivity contribution in [1.29, 1.82) is 0 Å². The van der Waals surface area contributed by atoms with Gasteiger partial charge in [0, 0.05) is 12.1 Å². The molecule has 0 unspecified atom stereocenters. The fourth-order valence-electron chi connectivity index (χ4n) is 2.19. The van der Waals surface area contributed by atoms with Crippen LogP contribution in [0.1, 0.15) is 46.0 Å². The van der Waals surface area contributed by atoms with Gasteiger partial charge in [-0.25, -0.2) is 4.79 Å². The molecule has 2 amide bonds. The molecule has 1 rings (SSSR count). The van der Waals surface area contributed by atoms with E-state index in [2.05, 4.69) is 10.2 Å². The third-order valence-electron chi connectivity index (χ3n) is 3.21. The minimum atomic E-state index is -0.430. The first-order valence-electron chi connectivity index (χ1n) is 6.30. The van der Waals surface area contributed by atoms with Gasteiger partial charge in [-0.2, -0.15) is 0 Å². The summed E-state index contributed by atoms with van der Waals surface area (Å²) in [5.74, 6) is 0. The van der Waals surface area contributed by atoms with E-state index in [1.165, 1.54) is 38.8 Å². The molecule has 0 radical (unpaired) electrons. The predicted molar refractivity (Wildman–Crippen MR) is 66.3 cm³/mol. The van der Waals surface area contributed by atoms with E-state index in [0.29, 0.717) is 0 Å². The number of likely N-dealkylation sites (tertiary alicyclic amines) is 1. The van der Waals surface area contributed by atoms with Crippen molar-refractivity contribution in [3.63, 3.8) is 0 Å². The lowest BCUT2D eigenvalue weighted by atomic mass is 10.0. The van der Waals surface area contributed by atoms with E-state index in [-0.39, 0.29) is 5.54 Å². The second-order valence-corrected chi connectivity index (χ2v) is 5.38. The lowest BCUT2D eigenvalue weighted by Gasteiger charge is -2.29. The molecule has 0 saturated carbocycles. The highest BCUT2D eigenvalue weighted by Gasteiger charge is 2.20. The average molecular weight is 227 g/mol. The summed E-state index contributed by atoms with van der Waals surface area (Å²) >= 11 is 0. The summed E-state index contributed by atoms with van der Waals surface area (Å²) in [7, 11) is 0. The second-order valence-electron chi connectivity index (χ2n) is 5.38. The topological polar surface area (TPSA) is 58.4 Å². The predicted octanol–water partition coefficient (Wildman–Crippen LogP) is 1.70. The Morgan fingerprint density at radius 2 is 1.81 bits per heavy atom. The molecule has 4 nitrogen and oxygen atoms in total. The van der Waals surface area contributed by atoms with Gasteiger partial charge in [-0.15, -0.1) is 0 Å². The lowest BCUT2D eigenvalue weighted by molar-refractivity contribution is 0.221. The van der Waals surface area contributed by atoms with Gasteiger partial charge in [-0.1, -0.05) is 12.8 Å². The highest BCUT2D eigenvalue weighted by Crippen LogP contribution is 2.13. The molecular weight excluding hydrogens is 202 g/mol. The van der Waals surface area contributed by atoms with Crippen LogP contribution in [0.2, 0.25) is 0 Å². The molecule has 4 heteroatoms. The third-order valence-corrected chi connectivity index (χ3v) is 3.21. The monoisotopic (exact) mass is 227 g/mol. The van der Waals surface area contributed by atoms with E-state index in [1.54, 1.807) is 0 Å². The Morgan fingerprint density at radius 3 is 2.31 bits per heavy atom. The fourth-order valence-corrected chi connectivity index (χ4v) is 2.19. The zero-order valence-electron chi connectivity index (χ0n) is 10.6. The molecule has 1 saturated heterocycles. The fraction of sp³-hybridized carbons (Fsp3) is 0.917. The van der Waals surface area contributed by atoms with Crippen molar-refractivity contribution in [1.82, 2.24) is 10.2 Å². The van der Waals surface area contributed by atoms with Crippen LogP contribution in [0.15, 0.2) is 0 Å². The van der Waals surface area contributed by atoms with E-state index in [1.807, 2.05) is 13.8 Å². The number of hydrogen-bond acceptors (Lipinski definition) is 2. The number of rotatable bonds is 4. The van der Waals surface area contributed by atoms with Gasteiger partial charge >= 0.3 is 6.03 Å². The molecule has 1 heterocycles. The van der Waals surface area contributed by atoms with Crippen LogP contribution in [0.5, 0.6) is 0 Å². The van der Waals surface area contributed by atoms with Crippen LogP contribution < -0.4 is 11.1 Å². The summed E-state index contributed by atoms with van der Waals surface area (Å²) in [5.41, 5.74) is 4.95. The van der Waals surface area contributed by atoms with Gasteiger partial charge in [0.2, 0.25) is 0 Å². The Balaban J connectivity index is 2.28. The molecule has 0 bridgehead atoms. The van der Waals surface area contributed by atoms with Crippen molar-refractivity contribution < 1.29 is 4.79 Å². The molecule has 3 N–H and O–H groups in total. The third kappa shape index (κ3) is 5.35. The Hall–Kier alpha value is -0.770. The minimum absolute atomic E-state index is 0.196. The van der Waals surface area contributed by atoms with Crippen molar-refractivity contribution in [3.8, 4) is 0 Å². The zero-order chi connectivity index (χ0) is 12.0. The van der Waals surface area contributed by atoms with Gasteiger partial charge in [0.05, 0.1) is 0 Å². The van der Waals surface area contributed by atoms with Crippen LogP contribution in [0.3, 0.4) is 0 Å². The molecule has 1 aliphatic heterocycles. The van der Waals surface area contributed by atoms with Crippen LogP contribution in [-0.2, 0) is 0 Å². The summed E-state index contributed by atoms with van der Waals surface area (Å²) in [4.78, 5) is 13.3. The van der Waals surface area contributed by atoms with Crippen molar-refractivity contribution >= 4 is 6.03 Å². The van der Waals surface area contributed by atoms with Gasteiger partial charge < -0.3 is 16.0 Å². The van der Waals surface area contributed by atoms with Crippen molar-refractivity contribution in [2.75, 3.05) is 19.6 Å². The van der Waals surface area contributed by atoms with Crippen LogP contribution in [-0.4, -0.2) is 36.1 Å². The van der Waals surface area contributed by atoms with Crippen LogP contribution in [0.4, 0.5) is 4.79 Å². The molecule has 0 aromatic rings. The molecule has 94 valence electrons. The highest BCUT2D eigenvalue weighted by atomic mass is 16.2. The van der Waals surface area contributed by atoms with Gasteiger partial charge in [-0.3, -0.25) is 0 Å². The van der Waals surface area contributed by atoms with E-state index < -0.39 is 6.03 Å². The van der Waals surface area contributed by atoms with Crippen molar-refractivity contribution in [2.45, 2.75) is 51.5 Å². The number of amides is 2. The Bertz CT molecular complexity index is 220. The maximum absolute atomic E-state index is 10.8. The van der Waals surface area contributed by atoms with Crippen LogP contribution >= 0.6 is 0 Å². The van der Waals surface area contributed by atoms with Crippen LogP contribution in [0, 0.1) is 0 Å². The van der Waals surface area contributed by atoms with Gasteiger partial charge in [-0.05, 0) is 46.2 Å². The van der Waals surface area contributed by atoms with Gasteiger partial charge in [0.15, 0.2) is 0 Å². The molecule has 0 aromatic carbocycles. The summed E-state index contributed by atoms with van der Waals surface area (Å²) < 4.78 is 0. The van der Waals surface area contributed by atoms with Gasteiger partial charge in [0.1, 0.15) is 0 Å². The Labute approximate surface area is 98.6 Å². The zero-order valence-corrected chi connectivity index (χ0v) is 10.6. The first-order chi connectivity index (χ1) is 7.49. The lowest BCUT2D eigenvalue weighted by Crippen LogP contribution is -2.48. The number of hydrogen-bond donors (Lipinski definition) is 2. The molecule has 0 atom stereocenters. The van der Waals surface area contributed by atoms with E-state index >= 15 is 0 Å². The normalized spacial score (nSPS) is 19.1. The number of carbonyl (C=O) groups is 1. The average Bonchev–Trinajstić information content (AvgIpc) is 2.40. The number of nitrogens with one attached hydrogen (secondary N) is 1. The van der Waals surface area contributed by atoms with Gasteiger partial charge in [0.25, 0.3) is 0 Å². The first-order valence-corrected chi connectivity index (χ1v) is 6.30. The number of nitrogens with two attached hydrogens (primary N) is 1. The number of primary amides is 1. The molecule has 0 spiro atoms.